The van der Waals surface area contributed by atoms with E-state index in [1.54, 1.807) is 5.57 Å². The average Bonchev–Trinajstić information content (AvgIpc) is 3.79. The Bertz CT molecular complexity index is 3100. The van der Waals surface area contributed by atoms with Gasteiger partial charge in [0.05, 0.1) is 0 Å². The molecule has 0 saturated carbocycles. The molecule has 1 nitrogen and oxygen atoms in total. The van der Waals surface area contributed by atoms with Crippen LogP contribution in [0.2, 0.25) is 0 Å². The third-order valence-corrected chi connectivity index (χ3v) is 15.2. The van der Waals surface area contributed by atoms with E-state index in [-0.39, 0.29) is 5.41 Å². The van der Waals surface area contributed by atoms with E-state index in [9.17, 15) is 0 Å². The topological polar surface area (TPSA) is 3.24 Å². The van der Waals surface area contributed by atoms with Crippen LogP contribution in [0.1, 0.15) is 90.8 Å². The largest absolute Gasteiger partial charge is 0.314 e. The van der Waals surface area contributed by atoms with Gasteiger partial charge in [-0.2, -0.15) is 0 Å². The molecular formula is C59H51NS. The van der Waals surface area contributed by atoms with Gasteiger partial charge in [-0.3, -0.25) is 0 Å². The van der Waals surface area contributed by atoms with Gasteiger partial charge in [-0.05, 0) is 167 Å². The van der Waals surface area contributed by atoms with Gasteiger partial charge in [0.25, 0.3) is 0 Å². The maximum absolute atomic E-state index is 2.50. The molecule has 2 heteroatoms. The first-order chi connectivity index (χ1) is 29.8. The Kier molecular flexibility index (Phi) is 9.31. The molecule has 61 heavy (non-hydrogen) atoms. The maximum Gasteiger partial charge on any atom is 0.0461 e. The molecule has 4 aliphatic carbocycles. The van der Waals surface area contributed by atoms with Crippen LogP contribution in [-0.4, -0.2) is 0 Å². The third-order valence-electron chi connectivity index (χ3n) is 14.1. The highest BCUT2D eigenvalue weighted by Gasteiger charge is 2.42. The van der Waals surface area contributed by atoms with Gasteiger partial charge in [-0.1, -0.05) is 135 Å². The highest BCUT2D eigenvalue weighted by Crippen LogP contribution is 2.54. The minimum Gasteiger partial charge on any atom is -0.314 e. The lowest BCUT2D eigenvalue weighted by atomic mass is 9.79. The van der Waals surface area contributed by atoms with Crippen LogP contribution in [0.3, 0.4) is 0 Å². The van der Waals surface area contributed by atoms with Crippen LogP contribution in [-0.2, 0) is 5.41 Å². The summed E-state index contributed by atoms with van der Waals surface area (Å²) in [5, 5.41) is 2.73. The zero-order valence-electron chi connectivity index (χ0n) is 35.6. The number of hydrogen-bond acceptors (Lipinski definition) is 2. The van der Waals surface area contributed by atoms with Crippen molar-refractivity contribution in [2.45, 2.75) is 71.1 Å². The van der Waals surface area contributed by atoms with E-state index < -0.39 is 0 Å². The molecule has 1 aromatic heterocycles. The SMILES string of the molecule is Cc1ccc(C2=CC=C(c3ccc4c(c3)sc3ccccc34)CC2)cc1-c1cc(C2=CC=C(N(c3ccccc3)c3ccc4c(c3)C(C)(C)C3=CC=CCC34)CC2)ccc1C. The fourth-order valence-electron chi connectivity index (χ4n) is 10.6. The van der Waals surface area contributed by atoms with Gasteiger partial charge in [0, 0.05) is 48.6 Å². The number of rotatable bonds is 7. The number of anilines is 2. The molecule has 0 spiro atoms. The summed E-state index contributed by atoms with van der Waals surface area (Å²) in [4.78, 5) is 2.50. The molecule has 1 heterocycles. The van der Waals surface area contributed by atoms with Crippen molar-refractivity contribution in [1.82, 2.24) is 0 Å². The monoisotopic (exact) mass is 805 g/mol. The van der Waals surface area contributed by atoms with E-state index in [0.717, 1.165) is 32.1 Å². The number of nitrogens with zero attached hydrogens (tertiary/aromatic N) is 1. The van der Waals surface area contributed by atoms with Crippen molar-refractivity contribution in [3.05, 3.63) is 220 Å². The van der Waals surface area contributed by atoms with E-state index in [4.69, 9.17) is 0 Å². The summed E-state index contributed by atoms with van der Waals surface area (Å²) >= 11 is 1.90. The Morgan fingerprint density at radius 1 is 0.541 bits per heavy atom. The lowest BCUT2D eigenvalue weighted by Gasteiger charge is -2.31. The number of hydrogen-bond donors (Lipinski definition) is 0. The van der Waals surface area contributed by atoms with Gasteiger partial charge in [-0.15, -0.1) is 11.3 Å². The van der Waals surface area contributed by atoms with Crippen LogP contribution >= 0.6 is 11.3 Å². The number of aryl methyl sites for hydroxylation is 2. The summed E-state index contributed by atoms with van der Waals surface area (Å²) in [6, 6.07) is 48.2. The molecule has 1 unspecified atom stereocenters. The van der Waals surface area contributed by atoms with Crippen molar-refractivity contribution >= 4 is 59.6 Å². The van der Waals surface area contributed by atoms with Crippen LogP contribution in [0.5, 0.6) is 0 Å². The van der Waals surface area contributed by atoms with E-state index in [0.29, 0.717) is 5.92 Å². The summed E-state index contributed by atoms with van der Waals surface area (Å²) in [5.74, 6) is 0.494. The molecule has 0 amide bonds. The van der Waals surface area contributed by atoms with E-state index in [1.807, 2.05) is 11.3 Å². The molecule has 0 bridgehead atoms. The number of fused-ring (bicyclic) bond motifs is 6. The first kappa shape index (κ1) is 37.8. The Morgan fingerprint density at radius 3 is 1.85 bits per heavy atom. The van der Waals surface area contributed by atoms with Crippen molar-refractivity contribution in [2.24, 2.45) is 0 Å². The molecule has 0 N–H and O–H groups in total. The van der Waals surface area contributed by atoms with Gasteiger partial charge in [0.1, 0.15) is 0 Å². The van der Waals surface area contributed by atoms with Crippen molar-refractivity contribution in [3.63, 3.8) is 0 Å². The molecule has 4 aliphatic rings. The number of thiophene rings is 1. The van der Waals surface area contributed by atoms with Crippen molar-refractivity contribution < 1.29 is 0 Å². The van der Waals surface area contributed by atoms with Crippen molar-refractivity contribution in [1.29, 1.82) is 0 Å². The van der Waals surface area contributed by atoms with Crippen LogP contribution in [0, 0.1) is 13.8 Å². The Morgan fingerprint density at radius 2 is 1.16 bits per heavy atom. The lowest BCUT2D eigenvalue weighted by Crippen LogP contribution is -2.20. The van der Waals surface area contributed by atoms with Gasteiger partial charge >= 0.3 is 0 Å². The molecule has 11 rings (SSSR count). The average molecular weight is 806 g/mol. The van der Waals surface area contributed by atoms with Gasteiger partial charge in [0.2, 0.25) is 0 Å². The summed E-state index contributed by atoms with van der Waals surface area (Å²) in [6.07, 6.45) is 21.6. The molecule has 0 radical (unpaired) electrons. The molecular weight excluding hydrogens is 755 g/mol. The quantitative estimate of drug-likeness (QED) is 0.155. The molecule has 1 atom stereocenters. The molecule has 0 aliphatic heterocycles. The first-order valence-electron chi connectivity index (χ1n) is 22.1. The fourth-order valence-corrected chi connectivity index (χ4v) is 11.8. The zero-order valence-corrected chi connectivity index (χ0v) is 36.5. The minimum atomic E-state index is 0.0164. The smallest absolute Gasteiger partial charge is 0.0461 e. The highest BCUT2D eigenvalue weighted by atomic mass is 32.1. The van der Waals surface area contributed by atoms with E-state index in [1.165, 1.54) is 104 Å². The predicted molar refractivity (Wildman–Crippen MR) is 264 cm³/mol. The van der Waals surface area contributed by atoms with Crippen LogP contribution in [0.15, 0.2) is 181 Å². The molecule has 6 aromatic carbocycles. The van der Waals surface area contributed by atoms with Crippen LogP contribution in [0.4, 0.5) is 11.4 Å². The first-order valence-corrected chi connectivity index (χ1v) is 22.9. The number of para-hydroxylation sites is 1. The molecule has 298 valence electrons. The normalized spacial score (nSPS) is 17.9. The fraction of sp³-hybridized carbons (Fsp3) is 0.186. The van der Waals surface area contributed by atoms with E-state index in [2.05, 4.69) is 203 Å². The summed E-state index contributed by atoms with van der Waals surface area (Å²) in [5.41, 5.74) is 21.8. The molecule has 0 fully saturated rings. The van der Waals surface area contributed by atoms with Gasteiger partial charge in [-0.25, -0.2) is 0 Å². The highest BCUT2D eigenvalue weighted by molar-refractivity contribution is 7.25. The molecule has 7 aromatic rings. The predicted octanol–water partition coefficient (Wildman–Crippen LogP) is 16.8. The second-order valence-corrected chi connectivity index (χ2v) is 19.1. The maximum atomic E-state index is 2.50. The number of allylic oxidation sites excluding steroid dienone is 12. The standard InChI is InChI=1S/C59H51NS/c1-38-18-20-43(40-22-24-41(25-23-40)45-28-32-52-51-15-9-11-17-57(51)61-58(52)36-45)34-53(38)54-35-44(21-19-39(54)2)42-26-29-47(30-27-42)60(46-12-6-5-7-13-46)48-31-33-50-49-14-8-10-16-55(49)59(3,4)56(50)37-48/h5-13,15-22,24,26,28-29,31-37,49H,14,23,25,27,30H2,1-4H3. The second-order valence-electron chi connectivity index (χ2n) is 18.0. The Balaban J connectivity index is 0.883. The Hall–Kier alpha value is -6.22. The van der Waals surface area contributed by atoms with Crippen LogP contribution < -0.4 is 4.90 Å². The summed E-state index contributed by atoms with van der Waals surface area (Å²) < 4.78 is 2.73. The van der Waals surface area contributed by atoms with Crippen molar-refractivity contribution in [3.8, 4) is 11.1 Å². The van der Waals surface area contributed by atoms with Gasteiger partial charge in [0.15, 0.2) is 0 Å². The van der Waals surface area contributed by atoms with Gasteiger partial charge < -0.3 is 4.90 Å². The lowest BCUT2D eigenvalue weighted by molar-refractivity contribution is 0.612. The molecule has 0 saturated heterocycles. The summed E-state index contributed by atoms with van der Waals surface area (Å²) in [6.45, 7) is 9.34. The second kappa shape index (κ2) is 15.0. The van der Waals surface area contributed by atoms with Crippen molar-refractivity contribution in [2.75, 3.05) is 4.90 Å². The van der Waals surface area contributed by atoms with Crippen LogP contribution in [0.25, 0.3) is 48.0 Å². The summed E-state index contributed by atoms with van der Waals surface area (Å²) in [7, 11) is 0. The minimum absolute atomic E-state index is 0.0164. The van der Waals surface area contributed by atoms with E-state index >= 15 is 0 Å². The zero-order chi connectivity index (χ0) is 41.2. The third kappa shape index (κ3) is 6.60. The Labute approximate surface area is 365 Å². The number of benzene rings is 6.